The Balaban J connectivity index is 2.93. The van der Waals surface area contributed by atoms with Gasteiger partial charge in [0.1, 0.15) is 12.0 Å². The van der Waals surface area contributed by atoms with E-state index in [0.717, 1.165) is 23.2 Å². The average Bonchev–Trinajstić information content (AvgIpc) is 2.36. The Labute approximate surface area is 65.5 Å². The molecule has 2 heteroatoms. The molecule has 0 aromatic carbocycles. The first-order valence-corrected chi connectivity index (χ1v) is 3.41. The molecule has 0 aliphatic rings. The summed E-state index contributed by atoms with van der Waals surface area (Å²) in [5, 5.41) is 0. The maximum atomic E-state index is 10.1. The normalized spacial score (nSPS) is 11.6. The smallest absolute Gasteiger partial charge is 0.143 e. The third kappa shape index (κ3) is 1.80. The molecule has 0 unspecified atom stereocenters. The highest BCUT2D eigenvalue weighted by Gasteiger charge is 1.97. The molecule has 1 aromatic heterocycles. The van der Waals surface area contributed by atoms with Gasteiger partial charge in [0, 0.05) is 5.56 Å². The highest BCUT2D eigenvalue weighted by atomic mass is 16.3. The van der Waals surface area contributed by atoms with E-state index in [0.29, 0.717) is 0 Å². The Hall–Kier alpha value is -1.31. The molecule has 0 aliphatic carbocycles. The summed E-state index contributed by atoms with van der Waals surface area (Å²) in [7, 11) is 0. The van der Waals surface area contributed by atoms with E-state index in [9.17, 15) is 4.79 Å². The van der Waals surface area contributed by atoms with Crippen LogP contribution < -0.4 is 0 Å². The van der Waals surface area contributed by atoms with Gasteiger partial charge in [0.2, 0.25) is 0 Å². The molecule has 58 valence electrons. The molecule has 0 bridgehead atoms. The maximum absolute atomic E-state index is 10.1. The zero-order valence-electron chi connectivity index (χ0n) is 6.63. The fourth-order valence-corrected chi connectivity index (χ4v) is 0.849. The van der Waals surface area contributed by atoms with Crippen molar-refractivity contribution in [3.05, 3.63) is 29.7 Å². The fraction of sp³-hybridized carbons (Fsp3) is 0.222. The summed E-state index contributed by atoms with van der Waals surface area (Å²) in [6.45, 7) is 3.75. The van der Waals surface area contributed by atoms with Crippen molar-refractivity contribution in [2.45, 2.75) is 13.8 Å². The highest BCUT2D eigenvalue weighted by molar-refractivity contribution is 5.80. The third-order valence-electron chi connectivity index (χ3n) is 1.50. The van der Waals surface area contributed by atoms with Gasteiger partial charge in [0.05, 0.1) is 6.26 Å². The number of aryl methyl sites for hydroxylation is 1. The second kappa shape index (κ2) is 3.19. The number of rotatable bonds is 2. The number of allylic oxidation sites excluding steroid dienone is 2. The molecule has 0 spiro atoms. The van der Waals surface area contributed by atoms with Gasteiger partial charge in [0.15, 0.2) is 0 Å². The molecular weight excluding hydrogens is 140 g/mol. The summed E-state index contributed by atoms with van der Waals surface area (Å²) < 4.78 is 5.08. The van der Waals surface area contributed by atoms with Crippen molar-refractivity contribution in [1.29, 1.82) is 0 Å². The SMILES string of the molecule is C/C(=C\C=O)c1coc(C)c1. The first-order valence-electron chi connectivity index (χ1n) is 3.41. The largest absolute Gasteiger partial charge is 0.469 e. The van der Waals surface area contributed by atoms with Crippen LogP contribution in [0.4, 0.5) is 0 Å². The fourth-order valence-electron chi connectivity index (χ4n) is 0.849. The quantitative estimate of drug-likeness (QED) is 0.478. The van der Waals surface area contributed by atoms with E-state index in [1.807, 2.05) is 19.9 Å². The van der Waals surface area contributed by atoms with Gasteiger partial charge in [-0.25, -0.2) is 0 Å². The summed E-state index contributed by atoms with van der Waals surface area (Å²) in [6, 6.07) is 1.90. The predicted molar refractivity (Wildman–Crippen MR) is 43.2 cm³/mol. The van der Waals surface area contributed by atoms with Crippen molar-refractivity contribution < 1.29 is 9.21 Å². The highest BCUT2D eigenvalue weighted by Crippen LogP contribution is 2.15. The molecule has 1 aromatic rings. The van der Waals surface area contributed by atoms with Crippen LogP contribution in [0.1, 0.15) is 18.2 Å². The number of carbonyl (C=O) groups is 1. The first kappa shape index (κ1) is 7.79. The second-order valence-corrected chi connectivity index (χ2v) is 2.43. The summed E-state index contributed by atoms with van der Waals surface area (Å²) in [5.74, 6) is 0.860. The van der Waals surface area contributed by atoms with Crippen LogP contribution in [0, 0.1) is 6.92 Å². The zero-order valence-corrected chi connectivity index (χ0v) is 6.63. The number of hydrogen-bond acceptors (Lipinski definition) is 2. The number of hydrogen-bond donors (Lipinski definition) is 0. The van der Waals surface area contributed by atoms with Gasteiger partial charge in [-0.15, -0.1) is 0 Å². The first-order chi connectivity index (χ1) is 5.24. The molecule has 2 nitrogen and oxygen atoms in total. The lowest BCUT2D eigenvalue weighted by atomic mass is 10.1. The van der Waals surface area contributed by atoms with Crippen LogP contribution in [0.3, 0.4) is 0 Å². The minimum Gasteiger partial charge on any atom is -0.469 e. The van der Waals surface area contributed by atoms with Crippen molar-refractivity contribution in [1.82, 2.24) is 0 Å². The van der Waals surface area contributed by atoms with E-state index in [-0.39, 0.29) is 0 Å². The molecule has 0 atom stereocenters. The number of furan rings is 1. The predicted octanol–water partition coefficient (Wildman–Crippen LogP) is 2.19. The van der Waals surface area contributed by atoms with E-state index in [2.05, 4.69) is 0 Å². The van der Waals surface area contributed by atoms with Crippen LogP contribution in [-0.4, -0.2) is 6.29 Å². The number of carbonyl (C=O) groups excluding carboxylic acids is 1. The van der Waals surface area contributed by atoms with Gasteiger partial charge in [-0.1, -0.05) is 0 Å². The van der Waals surface area contributed by atoms with E-state index in [4.69, 9.17) is 4.42 Å². The molecule has 1 heterocycles. The summed E-state index contributed by atoms with van der Waals surface area (Å²) in [5.41, 5.74) is 1.89. The monoisotopic (exact) mass is 150 g/mol. The van der Waals surface area contributed by atoms with Crippen molar-refractivity contribution in [2.75, 3.05) is 0 Å². The van der Waals surface area contributed by atoms with Crippen molar-refractivity contribution in [2.24, 2.45) is 0 Å². The Bertz CT molecular complexity index is 282. The van der Waals surface area contributed by atoms with E-state index < -0.39 is 0 Å². The van der Waals surface area contributed by atoms with E-state index in [1.54, 1.807) is 6.26 Å². The van der Waals surface area contributed by atoms with Gasteiger partial charge in [-0.3, -0.25) is 4.79 Å². The van der Waals surface area contributed by atoms with Crippen LogP contribution in [0.15, 0.2) is 22.8 Å². The topological polar surface area (TPSA) is 30.2 Å². The third-order valence-corrected chi connectivity index (χ3v) is 1.50. The Morgan fingerprint density at radius 2 is 2.36 bits per heavy atom. The van der Waals surface area contributed by atoms with Gasteiger partial charge in [-0.05, 0) is 31.6 Å². The molecule has 0 fully saturated rings. The van der Waals surface area contributed by atoms with Gasteiger partial charge in [0.25, 0.3) is 0 Å². The molecule has 0 saturated carbocycles. The second-order valence-electron chi connectivity index (χ2n) is 2.43. The molecule has 0 saturated heterocycles. The van der Waals surface area contributed by atoms with Crippen LogP contribution in [0.25, 0.3) is 5.57 Å². The maximum Gasteiger partial charge on any atom is 0.143 e. The lowest BCUT2D eigenvalue weighted by Gasteiger charge is -1.89. The van der Waals surface area contributed by atoms with Gasteiger partial charge in [-0.2, -0.15) is 0 Å². The molecule has 0 radical (unpaired) electrons. The van der Waals surface area contributed by atoms with Crippen LogP contribution >= 0.6 is 0 Å². The van der Waals surface area contributed by atoms with Crippen LogP contribution in [-0.2, 0) is 4.79 Å². The zero-order chi connectivity index (χ0) is 8.27. The Morgan fingerprint density at radius 3 is 2.82 bits per heavy atom. The molecule has 0 amide bonds. The summed E-state index contributed by atoms with van der Waals surface area (Å²) in [4.78, 5) is 10.1. The Kier molecular flexibility index (Phi) is 2.26. The lowest BCUT2D eigenvalue weighted by molar-refractivity contribution is -0.104. The molecule has 0 N–H and O–H groups in total. The van der Waals surface area contributed by atoms with E-state index >= 15 is 0 Å². The standard InChI is InChI=1S/C9H10O2/c1-7(3-4-10)9-5-8(2)11-6-9/h3-6H,1-2H3/b7-3+. The molecule has 0 aliphatic heterocycles. The van der Waals surface area contributed by atoms with Crippen molar-refractivity contribution >= 4 is 11.9 Å². The molecular formula is C9H10O2. The summed E-state index contributed by atoms with van der Waals surface area (Å²) >= 11 is 0. The molecule has 1 rings (SSSR count). The minimum atomic E-state index is 0.775. The van der Waals surface area contributed by atoms with E-state index in [1.165, 1.54) is 6.08 Å². The van der Waals surface area contributed by atoms with Gasteiger partial charge >= 0.3 is 0 Å². The minimum absolute atomic E-state index is 0.775. The number of aldehydes is 1. The molecule has 11 heavy (non-hydrogen) atoms. The van der Waals surface area contributed by atoms with Gasteiger partial charge < -0.3 is 4.42 Å². The van der Waals surface area contributed by atoms with Crippen molar-refractivity contribution in [3.8, 4) is 0 Å². The van der Waals surface area contributed by atoms with Crippen LogP contribution in [0.5, 0.6) is 0 Å². The lowest BCUT2D eigenvalue weighted by Crippen LogP contribution is -1.73. The average molecular weight is 150 g/mol. The van der Waals surface area contributed by atoms with Crippen molar-refractivity contribution in [3.63, 3.8) is 0 Å². The Morgan fingerprint density at radius 1 is 1.64 bits per heavy atom. The summed E-state index contributed by atoms with van der Waals surface area (Å²) in [6.07, 6.45) is 3.94. The van der Waals surface area contributed by atoms with Crippen LogP contribution in [0.2, 0.25) is 0 Å².